The topological polar surface area (TPSA) is 16.4 Å². The van der Waals surface area contributed by atoms with Gasteiger partial charge in [0.25, 0.3) is 0 Å². The van der Waals surface area contributed by atoms with Crippen molar-refractivity contribution in [1.82, 2.24) is 0 Å². The zero-order valence-corrected chi connectivity index (χ0v) is 31.9. The van der Waals surface area contributed by atoms with Gasteiger partial charge in [-0.1, -0.05) is 178 Å². The summed E-state index contributed by atoms with van der Waals surface area (Å²) in [5, 5.41) is 4.43. The zero-order chi connectivity index (χ0) is 38.1. The third-order valence-corrected chi connectivity index (χ3v) is 12.1. The molecule has 1 aromatic heterocycles. The Morgan fingerprint density at radius 3 is 1.74 bits per heavy atom. The molecule has 1 aliphatic carbocycles. The Morgan fingerprint density at radius 2 is 0.965 bits per heavy atom. The van der Waals surface area contributed by atoms with Crippen molar-refractivity contribution in [3.05, 3.63) is 211 Å². The fourth-order valence-corrected chi connectivity index (χ4v) is 9.32. The van der Waals surface area contributed by atoms with Gasteiger partial charge in [0.1, 0.15) is 11.2 Å². The van der Waals surface area contributed by atoms with Gasteiger partial charge in [0.15, 0.2) is 0 Å². The number of fused-ring (bicyclic) bond motifs is 8. The number of anilines is 3. The quantitative estimate of drug-likeness (QED) is 0.169. The molecule has 0 fully saturated rings. The molecule has 0 radical (unpaired) electrons. The second kappa shape index (κ2) is 13.0. The third-order valence-electron chi connectivity index (χ3n) is 12.1. The minimum Gasteiger partial charge on any atom is -0.455 e. The molecule has 0 saturated carbocycles. The molecule has 270 valence electrons. The highest BCUT2D eigenvalue weighted by molar-refractivity contribution is 6.23. The van der Waals surface area contributed by atoms with E-state index in [9.17, 15) is 0 Å². The summed E-state index contributed by atoms with van der Waals surface area (Å²) in [7, 11) is 0. The second-order valence-corrected chi connectivity index (χ2v) is 15.7. The van der Waals surface area contributed by atoms with Crippen LogP contribution in [0, 0.1) is 0 Å². The lowest BCUT2D eigenvalue weighted by Gasteiger charge is -2.29. The number of benzene rings is 9. The van der Waals surface area contributed by atoms with Crippen LogP contribution in [0.2, 0.25) is 0 Å². The van der Waals surface area contributed by atoms with E-state index in [0.717, 1.165) is 55.3 Å². The fraction of sp³-hybridized carbons (Fsp3) is 0.0545. The van der Waals surface area contributed by atoms with Crippen LogP contribution in [0.25, 0.3) is 77.2 Å². The van der Waals surface area contributed by atoms with Gasteiger partial charge in [0, 0.05) is 38.3 Å². The number of hydrogen-bond acceptors (Lipinski definition) is 2. The van der Waals surface area contributed by atoms with Crippen molar-refractivity contribution in [2.45, 2.75) is 19.3 Å². The Labute approximate surface area is 332 Å². The van der Waals surface area contributed by atoms with Gasteiger partial charge in [-0.2, -0.15) is 0 Å². The minimum absolute atomic E-state index is 0.140. The standard InChI is InChI=1S/C55H39NO/c1-55(2)49-26-14-13-22-43(49)44-33-32-40(34-50(44)55)56(39-30-28-37(29-31-39)36-16-5-3-6-17-36)51-35-48-53-46(42-21-10-9-20-41(42)38-18-7-4-8-19-38)25-15-27-52(53)57-54(48)47-24-12-11-23-45(47)51/h3-35H,1-2H3. The minimum atomic E-state index is -0.140. The highest BCUT2D eigenvalue weighted by Crippen LogP contribution is 2.52. The van der Waals surface area contributed by atoms with E-state index in [2.05, 4.69) is 219 Å². The Kier molecular flexibility index (Phi) is 7.55. The van der Waals surface area contributed by atoms with Gasteiger partial charge >= 0.3 is 0 Å². The summed E-state index contributed by atoms with van der Waals surface area (Å²) in [6.07, 6.45) is 0. The molecular formula is C55H39NO. The van der Waals surface area contributed by atoms with Crippen molar-refractivity contribution in [2.24, 2.45) is 0 Å². The van der Waals surface area contributed by atoms with Crippen LogP contribution < -0.4 is 4.90 Å². The van der Waals surface area contributed by atoms with Gasteiger partial charge in [0.05, 0.1) is 5.69 Å². The van der Waals surface area contributed by atoms with Crippen LogP contribution in [-0.4, -0.2) is 0 Å². The van der Waals surface area contributed by atoms with E-state index < -0.39 is 0 Å². The maximum Gasteiger partial charge on any atom is 0.143 e. The maximum atomic E-state index is 6.89. The predicted molar refractivity (Wildman–Crippen MR) is 240 cm³/mol. The van der Waals surface area contributed by atoms with Crippen LogP contribution in [0.1, 0.15) is 25.0 Å². The molecule has 0 bridgehead atoms. The van der Waals surface area contributed by atoms with E-state index in [1.165, 1.54) is 50.1 Å². The molecule has 0 aliphatic heterocycles. The van der Waals surface area contributed by atoms with Gasteiger partial charge in [0.2, 0.25) is 0 Å². The Hall–Kier alpha value is -7.16. The number of rotatable bonds is 6. The van der Waals surface area contributed by atoms with E-state index in [1.54, 1.807) is 0 Å². The number of nitrogens with zero attached hydrogens (tertiary/aromatic N) is 1. The highest BCUT2D eigenvalue weighted by Gasteiger charge is 2.36. The zero-order valence-electron chi connectivity index (χ0n) is 31.9. The smallest absolute Gasteiger partial charge is 0.143 e. The van der Waals surface area contributed by atoms with Crippen LogP contribution in [0.3, 0.4) is 0 Å². The van der Waals surface area contributed by atoms with Crippen LogP contribution in [-0.2, 0) is 5.41 Å². The van der Waals surface area contributed by atoms with E-state index in [0.29, 0.717) is 0 Å². The Bertz CT molecular complexity index is 3140. The van der Waals surface area contributed by atoms with Crippen molar-refractivity contribution >= 4 is 49.8 Å². The third kappa shape index (κ3) is 5.25. The summed E-state index contributed by atoms with van der Waals surface area (Å²) in [5.41, 5.74) is 17.4. The molecule has 9 aromatic carbocycles. The summed E-state index contributed by atoms with van der Waals surface area (Å²) >= 11 is 0. The van der Waals surface area contributed by atoms with Gasteiger partial charge in [-0.25, -0.2) is 0 Å². The average molecular weight is 730 g/mol. The molecule has 11 rings (SSSR count). The van der Waals surface area contributed by atoms with Crippen LogP contribution >= 0.6 is 0 Å². The lowest BCUT2D eigenvalue weighted by Crippen LogP contribution is -2.16. The summed E-state index contributed by atoms with van der Waals surface area (Å²) in [5.74, 6) is 0. The van der Waals surface area contributed by atoms with Gasteiger partial charge in [-0.05, 0) is 92.0 Å². The first-order valence-corrected chi connectivity index (χ1v) is 19.8. The van der Waals surface area contributed by atoms with E-state index in [-0.39, 0.29) is 5.41 Å². The predicted octanol–water partition coefficient (Wildman–Crippen LogP) is 15.5. The average Bonchev–Trinajstić information content (AvgIpc) is 3.77. The summed E-state index contributed by atoms with van der Waals surface area (Å²) in [6.45, 7) is 4.71. The molecule has 10 aromatic rings. The molecule has 2 nitrogen and oxygen atoms in total. The lowest BCUT2D eigenvalue weighted by molar-refractivity contribution is 0.660. The van der Waals surface area contributed by atoms with E-state index >= 15 is 0 Å². The lowest BCUT2D eigenvalue weighted by atomic mass is 9.82. The molecule has 0 spiro atoms. The van der Waals surface area contributed by atoms with Gasteiger partial charge in [-0.15, -0.1) is 0 Å². The summed E-state index contributed by atoms with van der Waals surface area (Å²) in [4.78, 5) is 2.45. The normalized spacial score (nSPS) is 12.9. The monoisotopic (exact) mass is 729 g/mol. The molecule has 57 heavy (non-hydrogen) atoms. The van der Waals surface area contributed by atoms with E-state index in [4.69, 9.17) is 4.42 Å². The van der Waals surface area contributed by atoms with Crippen LogP contribution in [0.4, 0.5) is 17.1 Å². The molecule has 0 saturated heterocycles. The Balaban J connectivity index is 1.18. The molecule has 0 amide bonds. The SMILES string of the molecule is CC1(C)c2ccccc2-c2ccc(N(c3ccc(-c4ccccc4)cc3)c3cc4c(oc5cccc(-c6ccccc6-c6ccccc6)c54)c4ccccc34)cc21. The molecule has 0 atom stereocenters. The highest BCUT2D eigenvalue weighted by atomic mass is 16.3. The van der Waals surface area contributed by atoms with Crippen molar-refractivity contribution in [2.75, 3.05) is 4.90 Å². The molecule has 1 aliphatic rings. The van der Waals surface area contributed by atoms with Gasteiger partial charge in [-0.3, -0.25) is 0 Å². The summed E-state index contributed by atoms with van der Waals surface area (Å²) in [6, 6.07) is 72.5. The van der Waals surface area contributed by atoms with Crippen LogP contribution in [0.5, 0.6) is 0 Å². The molecule has 2 heteroatoms. The second-order valence-electron chi connectivity index (χ2n) is 15.7. The number of hydrogen-bond donors (Lipinski definition) is 0. The van der Waals surface area contributed by atoms with Crippen molar-refractivity contribution in [3.63, 3.8) is 0 Å². The molecular weight excluding hydrogens is 691 g/mol. The number of furan rings is 1. The first-order chi connectivity index (χ1) is 28.0. The first-order valence-electron chi connectivity index (χ1n) is 19.8. The van der Waals surface area contributed by atoms with Crippen molar-refractivity contribution in [1.29, 1.82) is 0 Å². The van der Waals surface area contributed by atoms with Gasteiger partial charge < -0.3 is 9.32 Å². The van der Waals surface area contributed by atoms with Crippen molar-refractivity contribution < 1.29 is 4.42 Å². The Morgan fingerprint density at radius 1 is 0.386 bits per heavy atom. The molecule has 0 unspecified atom stereocenters. The summed E-state index contributed by atoms with van der Waals surface area (Å²) < 4.78 is 6.89. The fourth-order valence-electron chi connectivity index (χ4n) is 9.32. The maximum absolute atomic E-state index is 6.89. The first kappa shape index (κ1) is 33.2. The van der Waals surface area contributed by atoms with Crippen molar-refractivity contribution in [3.8, 4) is 44.5 Å². The van der Waals surface area contributed by atoms with E-state index in [1.807, 2.05) is 0 Å². The molecule has 0 N–H and O–H groups in total. The van der Waals surface area contributed by atoms with Crippen LogP contribution in [0.15, 0.2) is 205 Å². The molecule has 1 heterocycles. The largest absolute Gasteiger partial charge is 0.455 e.